The number of halogens is 2. The van der Waals surface area contributed by atoms with Crippen molar-refractivity contribution >= 4 is 46.3 Å². The van der Waals surface area contributed by atoms with Crippen LogP contribution in [-0.2, 0) is 0 Å². The number of ether oxygens (including phenoxy) is 1. The molecular weight excluding hydrogens is 337 g/mol. The molecule has 0 aliphatic rings. The highest BCUT2D eigenvalue weighted by Crippen LogP contribution is 2.28. The largest absolute Gasteiger partial charge is 0.489 e. The van der Waals surface area contributed by atoms with Gasteiger partial charge in [0.1, 0.15) is 16.7 Å². The van der Waals surface area contributed by atoms with Crippen LogP contribution in [0.3, 0.4) is 0 Å². The van der Waals surface area contributed by atoms with Crippen molar-refractivity contribution in [3.63, 3.8) is 0 Å². The van der Waals surface area contributed by atoms with E-state index < -0.39 is 6.10 Å². The van der Waals surface area contributed by atoms with Gasteiger partial charge in [-0.05, 0) is 25.1 Å². The number of thiazole rings is 1. The van der Waals surface area contributed by atoms with E-state index >= 15 is 0 Å². The lowest BCUT2D eigenvalue weighted by Gasteiger charge is -2.12. The quantitative estimate of drug-likeness (QED) is 0.789. The number of benzene rings is 1. The fraction of sp³-hybridized carbons (Fsp3) is 0.308. The van der Waals surface area contributed by atoms with Crippen LogP contribution in [0.4, 0.5) is 0 Å². The van der Waals surface area contributed by atoms with Crippen molar-refractivity contribution in [1.29, 1.82) is 0 Å². The number of thioether (sulfide) groups is 1. The molecule has 7 heteroatoms. The number of nitrogens with zero attached hydrogens (tertiary/aromatic N) is 1. The molecule has 0 saturated heterocycles. The second-order valence-corrected chi connectivity index (χ2v) is 7.07. The van der Waals surface area contributed by atoms with Crippen molar-refractivity contribution in [2.45, 2.75) is 17.4 Å². The monoisotopic (exact) mass is 349 g/mol. The van der Waals surface area contributed by atoms with Crippen LogP contribution in [0.2, 0.25) is 10.0 Å². The number of aromatic nitrogens is 1. The fourth-order valence-corrected chi connectivity index (χ4v) is 3.64. The van der Waals surface area contributed by atoms with Gasteiger partial charge in [0, 0.05) is 21.8 Å². The molecule has 0 unspecified atom stereocenters. The van der Waals surface area contributed by atoms with Crippen molar-refractivity contribution < 1.29 is 9.84 Å². The first kappa shape index (κ1) is 15.9. The highest BCUT2D eigenvalue weighted by molar-refractivity contribution is 8.01. The molecule has 1 aromatic heterocycles. The van der Waals surface area contributed by atoms with Gasteiger partial charge in [-0.2, -0.15) is 0 Å². The van der Waals surface area contributed by atoms with Crippen LogP contribution < -0.4 is 4.74 Å². The number of rotatable bonds is 6. The predicted molar refractivity (Wildman–Crippen MR) is 85.5 cm³/mol. The van der Waals surface area contributed by atoms with Crippen LogP contribution >= 0.6 is 46.3 Å². The molecule has 0 bridgehead atoms. The zero-order chi connectivity index (χ0) is 14.5. The Bertz CT molecular complexity index is 577. The van der Waals surface area contributed by atoms with E-state index in [4.69, 9.17) is 27.9 Å². The molecule has 1 aromatic carbocycles. The third-order valence-electron chi connectivity index (χ3n) is 2.32. The van der Waals surface area contributed by atoms with Crippen LogP contribution in [0.1, 0.15) is 5.69 Å². The molecule has 108 valence electrons. The maximum absolute atomic E-state index is 9.89. The molecule has 0 spiro atoms. The van der Waals surface area contributed by atoms with Crippen molar-refractivity contribution in [2.75, 3.05) is 12.4 Å². The van der Waals surface area contributed by atoms with Gasteiger partial charge in [-0.15, -0.1) is 11.3 Å². The Hall–Kier alpha value is -0.460. The van der Waals surface area contributed by atoms with Gasteiger partial charge in [0.25, 0.3) is 0 Å². The Morgan fingerprint density at radius 1 is 1.45 bits per heavy atom. The van der Waals surface area contributed by atoms with Gasteiger partial charge in [0.15, 0.2) is 0 Å². The molecule has 1 N–H and O–H groups in total. The minimum atomic E-state index is -0.587. The van der Waals surface area contributed by atoms with Gasteiger partial charge in [-0.25, -0.2) is 4.98 Å². The number of hydrogen-bond acceptors (Lipinski definition) is 5. The molecule has 0 amide bonds. The summed E-state index contributed by atoms with van der Waals surface area (Å²) in [4.78, 5) is 4.32. The molecule has 0 aliphatic carbocycles. The number of aliphatic hydroxyl groups is 1. The van der Waals surface area contributed by atoms with Gasteiger partial charge < -0.3 is 9.84 Å². The Morgan fingerprint density at radius 3 is 2.90 bits per heavy atom. The normalized spacial score (nSPS) is 12.4. The first-order chi connectivity index (χ1) is 9.54. The molecule has 1 atom stereocenters. The smallest absolute Gasteiger partial charge is 0.150 e. The second-order valence-electron chi connectivity index (χ2n) is 4.11. The molecule has 0 radical (unpaired) electrons. The van der Waals surface area contributed by atoms with E-state index in [1.54, 1.807) is 29.5 Å². The maximum Gasteiger partial charge on any atom is 0.150 e. The van der Waals surface area contributed by atoms with Gasteiger partial charge in [0.05, 0.1) is 11.1 Å². The number of aryl methyl sites for hydroxylation is 1. The zero-order valence-electron chi connectivity index (χ0n) is 10.7. The topological polar surface area (TPSA) is 42.4 Å². The van der Waals surface area contributed by atoms with Crippen molar-refractivity contribution in [1.82, 2.24) is 4.98 Å². The van der Waals surface area contributed by atoms with E-state index in [0.29, 0.717) is 21.5 Å². The summed E-state index contributed by atoms with van der Waals surface area (Å²) in [5, 5.41) is 12.9. The van der Waals surface area contributed by atoms with Crippen LogP contribution in [0.5, 0.6) is 5.75 Å². The first-order valence-corrected chi connectivity index (χ1v) is 8.47. The average Bonchev–Trinajstić information content (AvgIpc) is 2.81. The van der Waals surface area contributed by atoms with Gasteiger partial charge in [0.2, 0.25) is 0 Å². The van der Waals surface area contributed by atoms with Crippen molar-refractivity contribution in [2.24, 2.45) is 0 Å². The summed E-state index contributed by atoms with van der Waals surface area (Å²) < 4.78 is 6.43. The summed E-state index contributed by atoms with van der Waals surface area (Å²) in [5.74, 6) is 1.04. The lowest BCUT2D eigenvalue weighted by Crippen LogP contribution is -2.20. The molecule has 1 heterocycles. The predicted octanol–water partition coefficient (Wildman–Crippen LogP) is 4.29. The molecular formula is C13H13Cl2NO2S2. The average molecular weight is 350 g/mol. The van der Waals surface area contributed by atoms with Crippen molar-refractivity contribution in [3.05, 3.63) is 39.3 Å². The second kappa shape index (κ2) is 7.52. The van der Waals surface area contributed by atoms with Gasteiger partial charge in [-0.3, -0.25) is 0 Å². The highest BCUT2D eigenvalue weighted by Gasteiger charge is 2.10. The molecule has 2 rings (SSSR count). The molecule has 20 heavy (non-hydrogen) atoms. The Morgan fingerprint density at radius 2 is 2.25 bits per heavy atom. The van der Waals surface area contributed by atoms with Crippen LogP contribution in [0.15, 0.2) is 27.9 Å². The molecule has 0 fully saturated rings. The zero-order valence-corrected chi connectivity index (χ0v) is 13.8. The first-order valence-electron chi connectivity index (χ1n) is 5.85. The van der Waals surface area contributed by atoms with E-state index in [0.717, 1.165) is 10.0 Å². The summed E-state index contributed by atoms with van der Waals surface area (Å²) in [5.41, 5.74) is 0.996. The lowest BCUT2D eigenvalue weighted by atomic mass is 10.3. The van der Waals surface area contributed by atoms with E-state index in [1.807, 2.05) is 12.3 Å². The standard InChI is InChI=1S/C13H13Cl2NO2S2/c1-8-6-19-13(16-8)20-7-10(17)5-18-12-3-2-9(14)4-11(12)15/h2-4,6,10,17H,5,7H2,1H3/t10-/m0/s1. The summed E-state index contributed by atoms with van der Waals surface area (Å²) in [6.45, 7) is 2.13. The number of hydrogen-bond donors (Lipinski definition) is 1. The van der Waals surface area contributed by atoms with Crippen LogP contribution in [0.25, 0.3) is 0 Å². The number of aliphatic hydroxyl groups excluding tert-OH is 1. The highest BCUT2D eigenvalue weighted by atomic mass is 35.5. The van der Waals surface area contributed by atoms with Gasteiger partial charge >= 0.3 is 0 Å². The summed E-state index contributed by atoms with van der Waals surface area (Å²) in [7, 11) is 0. The lowest BCUT2D eigenvalue weighted by molar-refractivity contribution is 0.126. The van der Waals surface area contributed by atoms with E-state index in [9.17, 15) is 5.11 Å². The summed E-state index contributed by atoms with van der Waals surface area (Å²) in [6, 6.07) is 4.99. The van der Waals surface area contributed by atoms with Crippen molar-refractivity contribution in [3.8, 4) is 5.75 Å². The maximum atomic E-state index is 9.89. The Labute approximate surface area is 135 Å². The Kier molecular flexibility index (Phi) is 5.99. The van der Waals surface area contributed by atoms with Crippen LogP contribution in [0, 0.1) is 6.92 Å². The third-order valence-corrected chi connectivity index (χ3v) is 5.14. The minimum absolute atomic E-state index is 0.179. The minimum Gasteiger partial charge on any atom is -0.489 e. The van der Waals surface area contributed by atoms with E-state index in [2.05, 4.69) is 4.98 Å². The summed E-state index contributed by atoms with van der Waals surface area (Å²) >= 11 is 14.9. The van der Waals surface area contributed by atoms with E-state index in [1.165, 1.54) is 11.8 Å². The molecule has 3 nitrogen and oxygen atoms in total. The molecule has 0 aliphatic heterocycles. The van der Waals surface area contributed by atoms with E-state index in [-0.39, 0.29) is 6.61 Å². The van der Waals surface area contributed by atoms with Crippen LogP contribution in [-0.4, -0.2) is 28.6 Å². The fourth-order valence-electron chi connectivity index (χ4n) is 1.39. The summed E-state index contributed by atoms with van der Waals surface area (Å²) in [6.07, 6.45) is -0.587. The van der Waals surface area contributed by atoms with Gasteiger partial charge in [-0.1, -0.05) is 35.0 Å². The third kappa shape index (κ3) is 4.82. The molecule has 0 saturated carbocycles. The molecule has 2 aromatic rings. The Balaban J connectivity index is 1.78. The SMILES string of the molecule is Cc1csc(SC[C@@H](O)COc2ccc(Cl)cc2Cl)n1.